The standard InChI is InChI=1S/C17H18ClN3O4/c1-10(2)14(19-16(23)13-4-3-9-25-13)17(24)21-20-15(22)11-5-7-12(18)8-6-11/h3-10,14H,1-2H3,(H,19,23)(H,20,22)(H,21,24). The van der Waals surface area contributed by atoms with Crippen molar-refractivity contribution in [3.8, 4) is 0 Å². The van der Waals surface area contributed by atoms with Gasteiger partial charge in [0.2, 0.25) is 0 Å². The van der Waals surface area contributed by atoms with E-state index < -0.39 is 23.8 Å². The molecule has 0 saturated carbocycles. The van der Waals surface area contributed by atoms with Gasteiger partial charge in [-0.15, -0.1) is 0 Å². The Morgan fingerprint density at radius 1 is 1.00 bits per heavy atom. The molecular weight excluding hydrogens is 346 g/mol. The van der Waals surface area contributed by atoms with Gasteiger partial charge >= 0.3 is 0 Å². The summed E-state index contributed by atoms with van der Waals surface area (Å²) in [5, 5.41) is 3.08. The number of halogens is 1. The summed E-state index contributed by atoms with van der Waals surface area (Å²) in [6.45, 7) is 3.54. The van der Waals surface area contributed by atoms with Crippen LogP contribution in [0.4, 0.5) is 0 Å². The lowest BCUT2D eigenvalue weighted by atomic mass is 10.0. The average Bonchev–Trinajstić information content (AvgIpc) is 3.12. The molecule has 25 heavy (non-hydrogen) atoms. The van der Waals surface area contributed by atoms with Crippen LogP contribution in [0.2, 0.25) is 5.02 Å². The lowest BCUT2D eigenvalue weighted by molar-refractivity contribution is -0.124. The summed E-state index contributed by atoms with van der Waals surface area (Å²) in [6.07, 6.45) is 1.37. The van der Waals surface area contributed by atoms with Crippen molar-refractivity contribution in [3.63, 3.8) is 0 Å². The molecule has 2 rings (SSSR count). The highest BCUT2D eigenvalue weighted by Gasteiger charge is 2.26. The molecule has 0 fully saturated rings. The Morgan fingerprint density at radius 2 is 1.68 bits per heavy atom. The zero-order chi connectivity index (χ0) is 18.4. The van der Waals surface area contributed by atoms with Gasteiger partial charge in [0.25, 0.3) is 17.7 Å². The van der Waals surface area contributed by atoms with Gasteiger partial charge in [-0.1, -0.05) is 25.4 Å². The van der Waals surface area contributed by atoms with Crippen LogP contribution in [-0.2, 0) is 4.79 Å². The lowest BCUT2D eigenvalue weighted by Crippen LogP contribution is -2.54. The van der Waals surface area contributed by atoms with Gasteiger partial charge in [-0.05, 0) is 42.3 Å². The predicted molar refractivity (Wildman–Crippen MR) is 91.9 cm³/mol. The first-order chi connectivity index (χ1) is 11.9. The minimum atomic E-state index is -0.844. The van der Waals surface area contributed by atoms with Gasteiger partial charge in [0.1, 0.15) is 6.04 Å². The molecule has 1 heterocycles. The van der Waals surface area contributed by atoms with E-state index in [0.717, 1.165) is 0 Å². The van der Waals surface area contributed by atoms with E-state index in [2.05, 4.69) is 16.2 Å². The summed E-state index contributed by atoms with van der Waals surface area (Å²) in [5.74, 6) is -1.65. The molecule has 132 valence electrons. The van der Waals surface area contributed by atoms with Gasteiger partial charge in [-0.3, -0.25) is 25.2 Å². The van der Waals surface area contributed by atoms with Gasteiger partial charge in [0, 0.05) is 10.6 Å². The van der Waals surface area contributed by atoms with Crippen LogP contribution in [0.25, 0.3) is 0 Å². The molecule has 1 aromatic carbocycles. The van der Waals surface area contributed by atoms with Crippen molar-refractivity contribution in [3.05, 3.63) is 59.0 Å². The Bertz CT molecular complexity index is 742. The number of benzene rings is 1. The molecular formula is C17H18ClN3O4. The van der Waals surface area contributed by atoms with Crippen molar-refractivity contribution in [1.82, 2.24) is 16.2 Å². The second kappa shape index (κ2) is 8.34. The second-order valence-electron chi connectivity index (χ2n) is 5.62. The number of hydrogen-bond acceptors (Lipinski definition) is 4. The number of carbonyl (C=O) groups excluding carboxylic acids is 3. The van der Waals surface area contributed by atoms with Crippen LogP contribution in [0.3, 0.4) is 0 Å². The fourth-order valence-electron chi connectivity index (χ4n) is 2.02. The maximum absolute atomic E-state index is 12.3. The van der Waals surface area contributed by atoms with Crippen molar-refractivity contribution in [2.75, 3.05) is 0 Å². The van der Waals surface area contributed by atoms with E-state index in [4.69, 9.17) is 16.0 Å². The molecule has 1 atom stereocenters. The average molecular weight is 364 g/mol. The zero-order valence-corrected chi connectivity index (χ0v) is 14.5. The SMILES string of the molecule is CC(C)C(NC(=O)c1ccco1)C(=O)NNC(=O)c1ccc(Cl)cc1. The molecule has 2 aromatic rings. The maximum Gasteiger partial charge on any atom is 0.287 e. The van der Waals surface area contributed by atoms with E-state index in [1.165, 1.54) is 24.5 Å². The number of amides is 3. The van der Waals surface area contributed by atoms with Gasteiger partial charge in [0.05, 0.1) is 6.26 Å². The Hall–Kier alpha value is -2.80. The normalized spacial score (nSPS) is 11.7. The summed E-state index contributed by atoms with van der Waals surface area (Å²) in [7, 11) is 0. The molecule has 0 bridgehead atoms. The first-order valence-corrected chi connectivity index (χ1v) is 7.96. The van der Waals surface area contributed by atoms with Gasteiger partial charge in [0.15, 0.2) is 5.76 Å². The van der Waals surface area contributed by atoms with Crippen molar-refractivity contribution in [1.29, 1.82) is 0 Å². The van der Waals surface area contributed by atoms with Crippen LogP contribution in [0.5, 0.6) is 0 Å². The van der Waals surface area contributed by atoms with Crippen LogP contribution < -0.4 is 16.2 Å². The van der Waals surface area contributed by atoms with Crippen LogP contribution >= 0.6 is 11.6 Å². The minimum Gasteiger partial charge on any atom is -0.459 e. The third kappa shape index (κ3) is 5.09. The largest absolute Gasteiger partial charge is 0.459 e. The molecule has 0 saturated heterocycles. The van der Waals surface area contributed by atoms with E-state index >= 15 is 0 Å². The number of hydrogen-bond donors (Lipinski definition) is 3. The predicted octanol–water partition coefficient (Wildman–Crippen LogP) is 2.15. The van der Waals surface area contributed by atoms with E-state index in [0.29, 0.717) is 10.6 Å². The van der Waals surface area contributed by atoms with Crippen molar-refractivity contribution in [2.45, 2.75) is 19.9 Å². The highest BCUT2D eigenvalue weighted by molar-refractivity contribution is 6.30. The van der Waals surface area contributed by atoms with E-state index in [1.807, 2.05) is 0 Å². The summed E-state index contributed by atoms with van der Waals surface area (Å²) < 4.78 is 5.00. The number of rotatable bonds is 5. The summed E-state index contributed by atoms with van der Waals surface area (Å²) in [5.41, 5.74) is 4.95. The smallest absolute Gasteiger partial charge is 0.287 e. The molecule has 0 aliphatic heterocycles. The highest BCUT2D eigenvalue weighted by atomic mass is 35.5. The highest BCUT2D eigenvalue weighted by Crippen LogP contribution is 2.09. The van der Waals surface area contributed by atoms with Gasteiger partial charge in [-0.2, -0.15) is 0 Å². The van der Waals surface area contributed by atoms with E-state index in [-0.39, 0.29) is 11.7 Å². The second-order valence-corrected chi connectivity index (χ2v) is 6.06. The molecule has 0 aliphatic carbocycles. The zero-order valence-electron chi connectivity index (χ0n) is 13.7. The van der Waals surface area contributed by atoms with E-state index in [1.54, 1.807) is 32.0 Å². The number of furan rings is 1. The molecule has 0 spiro atoms. The van der Waals surface area contributed by atoms with Gasteiger partial charge in [-0.25, -0.2) is 0 Å². The Morgan fingerprint density at radius 3 is 2.24 bits per heavy atom. The minimum absolute atomic E-state index is 0.101. The topological polar surface area (TPSA) is 100 Å². The van der Waals surface area contributed by atoms with Crippen molar-refractivity contribution >= 4 is 29.3 Å². The Kier molecular flexibility index (Phi) is 6.19. The van der Waals surface area contributed by atoms with Gasteiger partial charge < -0.3 is 9.73 Å². The summed E-state index contributed by atoms with van der Waals surface area (Å²) >= 11 is 5.76. The summed E-state index contributed by atoms with van der Waals surface area (Å²) in [4.78, 5) is 36.3. The molecule has 8 heteroatoms. The Balaban J connectivity index is 1.94. The fourth-order valence-corrected chi connectivity index (χ4v) is 2.15. The molecule has 1 aromatic heterocycles. The first-order valence-electron chi connectivity index (χ1n) is 7.58. The van der Waals surface area contributed by atoms with Crippen LogP contribution in [0.15, 0.2) is 47.1 Å². The van der Waals surface area contributed by atoms with Crippen molar-refractivity contribution in [2.24, 2.45) is 5.92 Å². The van der Waals surface area contributed by atoms with Crippen LogP contribution in [0.1, 0.15) is 34.8 Å². The third-order valence-electron chi connectivity index (χ3n) is 3.39. The molecule has 7 nitrogen and oxygen atoms in total. The monoisotopic (exact) mass is 363 g/mol. The number of carbonyl (C=O) groups is 3. The fraction of sp³-hybridized carbons (Fsp3) is 0.235. The molecule has 1 unspecified atom stereocenters. The molecule has 3 N–H and O–H groups in total. The molecule has 3 amide bonds. The maximum atomic E-state index is 12.3. The number of hydrazine groups is 1. The first kappa shape index (κ1) is 18.5. The van der Waals surface area contributed by atoms with E-state index in [9.17, 15) is 14.4 Å². The summed E-state index contributed by atoms with van der Waals surface area (Å²) in [6, 6.07) is 8.42. The molecule has 0 radical (unpaired) electrons. The van der Waals surface area contributed by atoms with Crippen LogP contribution in [-0.4, -0.2) is 23.8 Å². The lowest BCUT2D eigenvalue weighted by Gasteiger charge is -2.21. The third-order valence-corrected chi connectivity index (χ3v) is 3.64. The van der Waals surface area contributed by atoms with Crippen LogP contribution in [0, 0.1) is 5.92 Å². The molecule has 0 aliphatic rings. The van der Waals surface area contributed by atoms with Crippen molar-refractivity contribution < 1.29 is 18.8 Å². The number of nitrogens with one attached hydrogen (secondary N) is 3. The quantitative estimate of drug-likeness (QED) is 0.708. The Labute approximate surface area is 149 Å².